The molecule has 0 saturated carbocycles. The lowest BCUT2D eigenvalue weighted by Crippen LogP contribution is -2.40. The molecule has 3 nitrogen and oxygen atoms in total. The van der Waals surface area contributed by atoms with Gasteiger partial charge >= 0.3 is 0 Å². The van der Waals surface area contributed by atoms with Crippen LogP contribution in [0.1, 0.15) is 13.3 Å². The fraction of sp³-hybridized carbons (Fsp3) is 1.00. The van der Waals surface area contributed by atoms with Crippen LogP contribution in [0.15, 0.2) is 0 Å². The van der Waals surface area contributed by atoms with Crippen LogP contribution in [0, 0.1) is 5.92 Å². The summed E-state index contributed by atoms with van der Waals surface area (Å²) in [4.78, 5) is 0. The summed E-state index contributed by atoms with van der Waals surface area (Å²) < 4.78 is 5.20. The summed E-state index contributed by atoms with van der Waals surface area (Å²) in [5, 5.41) is 18.0. The highest BCUT2D eigenvalue weighted by atomic mass is 16.5. The van der Waals surface area contributed by atoms with E-state index in [-0.39, 0.29) is 24.7 Å². The first-order valence-electron chi connectivity index (χ1n) is 3.66. The average Bonchev–Trinajstić information content (AvgIpc) is 1.95. The van der Waals surface area contributed by atoms with Gasteiger partial charge in [-0.25, -0.2) is 0 Å². The third-order valence-electron chi connectivity index (χ3n) is 2.12. The topological polar surface area (TPSA) is 49.7 Å². The Morgan fingerprint density at radius 2 is 2.30 bits per heavy atom. The smallest absolute Gasteiger partial charge is 0.0855 e. The molecular weight excluding hydrogens is 132 g/mol. The van der Waals surface area contributed by atoms with E-state index in [4.69, 9.17) is 9.84 Å². The lowest BCUT2D eigenvalue weighted by Gasteiger charge is -2.31. The summed E-state index contributed by atoms with van der Waals surface area (Å²) in [6.07, 6.45) is 0.229. The molecule has 1 aliphatic rings. The minimum Gasteiger partial charge on any atom is -0.394 e. The highest BCUT2D eigenvalue weighted by molar-refractivity contribution is 4.77. The summed E-state index contributed by atoms with van der Waals surface area (Å²) in [5.41, 5.74) is 0. The number of hydrogen-bond acceptors (Lipinski definition) is 3. The standard InChI is InChI=1S/C7H14O3/c1-5-6(9)2-3-10-7(5)4-8/h5-9H,2-4H2,1H3/t5-,6+,7?/m0/s1. The molecule has 1 unspecified atom stereocenters. The first-order valence-corrected chi connectivity index (χ1v) is 3.66. The molecule has 1 heterocycles. The summed E-state index contributed by atoms with van der Waals surface area (Å²) in [6, 6.07) is 0. The van der Waals surface area contributed by atoms with Gasteiger partial charge in [0.1, 0.15) is 0 Å². The molecule has 1 saturated heterocycles. The first-order chi connectivity index (χ1) is 4.75. The largest absolute Gasteiger partial charge is 0.394 e. The molecule has 0 aromatic rings. The van der Waals surface area contributed by atoms with E-state index >= 15 is 0 Å². The molecule has 1 aliphatic heterocycles. The highest BCUT2D eigenvalue weighted by Gasteiger charge is 2.28. The average molecular weight is 146 g/mol. The Labute approximate surface area is 60.6 Å². The van der Waals surface area contributed by atoms with Gasteiger partial charge in [0, 0.05) is 12.5 Å². The van der Waals surface area contributed by atoms with Crippen LogP contribution in [0.25, 0.3) is 0 Å². The van der Waals surface area contributed by atoms with Crippen LogP contribution in [0.2, 0.25) is 0 Å². The molecule has 3 atom stereocenters. The number of rotatable bonds is 1. The van der Waals surface area contributed by atoms with Gasteiger partial charge in [0.25, 0.3) is 0 Å². The molecule has 0 aromatic heterocycles. The normalized spacial score (nSPS) is 41.7. The summed E-state index contributed by atoms with van der Waals surface area (Å²) in [6.45, 7) is 2.47. The molecule has 0 bridgehead atoms. The Balaban J connectivity index is 2.42. The summed E-state index contributed by atoms with van der Waals surface area (Å²) in [7, 11) is 0. The molecule has 0 spiro atoms. The van der Waals surface area contributed by atoms with E-state index in [1.54, 1.807) is 0 Å². The van der Waals surface area contributed by atoms with E-state index in [1.807, 2.05) is 6.92 Å². The van der Waals surface area contributed by atoms with Crippen molar-refractivity contribution in [2.75, 3.05) is 13.2 Å². The van der Waals surface area contributed by atoms with Gasteiger partial charge in [0.05, 0.1) is 18.8 Å². The molecular formula is C7H14O3. The van der Waals surface area contributed by atoms with E-state index in [2.05, 4.69) is 0 Å². The lowest BCUT2D eigenvalue weighted by atomic mass is 9.94. The van der Waals surface area contributed by atoms with Gasteiger partial charge in [0.2, 0.25) is 0 Å². The number of ether oxygens (including phenoxy) is 1. The highest BCUT2D eigenvalue weighted by Crippen LogP contribution is 2.19. The van der Waals surface area contributed by atoms with E-state index in [1.165, 1.54) is 0 Å². The van der Waals surface area contributed by atoms with E-state index in [0.29, 0.717) is 13.0 Å². The molecule has 2 N–H and O–H groups in total. The lowest BCUT2D eigenvalue weighted by molar-refractivity contribution is -0.103. The van der Waals surface area contributed by atoms with E-state index in [9.17, 15) is 5.11 Å². The second-order valence-corrected chi connectivity index (χ2v) is 2.81. The van der Waals surface area contributed by atoms with Crippen LogP contribution < -0.4 is 0 Å². The Bertz CT molecular complexity index is 105. The fourth-order valence-electron chi connectivity index (χ4n) is 1.22. The Morgan fingerprint density at radius 1 is 1.60 bits per heavy atom. The van der Waals surface area contributed by atoms with Crippen molar-refractivity contribution in [1.29, 1.82) is 0 Å². The monoisotopic (exact) mass is 146 g/mol. The van der Waals surface area contributed by atoms with Crippen LogP contribution in [0.4, 0.5) is 0 Å². The Kier molecular flexibility index (Phi) is 2.65. The van der Waals surface area contributed by atoms with Crippen LogP contribution >= 0.6 is 0 Å². The van der Waals surface area contributed by atoms with E-state index in [0.717, 1.165) is 0 Å². The minimum absolute atomic E-state index is 0.0121. The Morgan fingerprint density at radius 3 is 2.80 bits per heavy atom. The maximum Gasteiger partial charge on any atom is 0.0855 e. The minimum atomic E-state index is -0.300. The zero-order chi connectivity index (χ0) is 7.56. The third kappa shape index (κ3) is 1.48. The van der Waals surface area contributed by atoms with Gasteiger partial charge in [-0.1, -0.05) is 6.92 Å². The van der Waals surface area contributed by atoms with Gasteiger partial charge in [0.15, 0.2) is 0 Å². The van der Waals surface area contributed by atoms with E-state index < -0.39 is 0 Å². The Hall–Kier alpha value is -0.120. The summed E-state index contributed by atoms with van der Waals surface area (Å²) >= 11 is 0. The van der Waals surface area contributed by atoms with Crippen LogP contribution in [0.3, 0.4) is 0 Å². The molecule has 0 aromatic carbocycles. The van der Waals surface area contributed by atoms with Gasteiger partial charge in [-0.05, 0) is 6.42 Å². The van der Waals surface area contributed by atoms with Crippen molar-refractivity contribution >= 4 is 0 Å². The second-order valence-electron chi connectivity index (χ2n) is 2.81. The van der Waals surface area contributed by atoms with Crippen molar-refractivity contribution in [3.05, 3.63) is 0 Å². The molecule has 0 amide bonds. The zero-order valence-corrected chi connectivity index (χ0v) is 6.16. The number of aliphatic hydroxyl groups is 2. The molecule has 1 rings (SSSR count). The van der Waals surface area contributed by atoms with Crippen LogP contribution in [-0.4, -0.2) is 35.6 Å². The zero-order valence-electron chi connectivity index (χ0n) is 6.16. The predicted molar refractivity (Wildman–Crippen MR) is 36.6 cm³/mol. The SMILES string of the molecule is C[C@@H]1C(CO)OCC[C@H]1O. The number of hydrogen-bond donors (Lipinski definition) is 2. The quantitative estimate of drug-likeness (QED) is 0.537. The molecule has 1 fully saturated rings. The van der Waals surface area contributed by atoms with Gasteiger partial charge in [-0.15, -0.1) is 0 Å². The molecule has 3 heteroatoms. The fourth-order valence-corrected chi connectivity index (χ4v) is 1.22. The van der Waals surface area contributed by atoms with Crippen molar-refractivity contribution < 1.29 is 14.9 Å². The van der Waals surface area contributed by atoms with Gasteiger partial charge < -0.3 is 14.9 Å². The number of aliphatic hydroxyl groups excluding tert-OH is 2. The van der Waals surface area contributed by atoms with Crippen molar-refractivity contribution in [3.8, 4) is 0 Å². The second kappa shape index (κ2) is 3.32. The van der Waals surface area contributed by atoms with Gasteiger partial charge in [-0.3, -0.25) is 0 Å². The van der Waals surface area contributed by atoms with Crippen molar-refractivity contribution in [1.82, 2.24) is 0 Å². The maximum atomic E-state index is 9.29. The van der Waals surface area contributed by atoms with Crippen molar-refractivity contribution in [2.24, 2.45) is 5.92 Å². The van der Waals surface area contributed by atoms with Crippen LogP contribution in [0.5, 0.6) is 0 Å². The third-order valence-corrected chi connectivity index (χ3v) is 2.12. The van der Waals surface area contributed by atoms with Crippen LogP contribution in [-0.2, 0) is 4.74 Å². The van der Waals surface area contributed by atoms with Crippen molar-refractivity contribution in [3.63, 3.8) is 0 Å². The summed E-state index contributed by atoms with van der Waals surface area (Å²) in [5.74, 6) is 0.0683. The molecule has 10 heavy (non-hydrogen) atoms. The predicted octanol–water partition coefficient (Wildman–Crippen LogP) is -0.235. The van der Waals surface area contributed by atoms with Crippen molar-refractivity contribution in [2.45, 2.75) is 25.6 Å². The van der Waals surface area contributed by atoms with Gasteiger partial charge in [-0.2, -0.15) is 0 Å². The molecule has 0 radical (unpaired) electrons. The molecule has 60 valence electrons. The molecule has 0 aliphatic carbocycles. The first kappa shape index (κ1) is 7.98. The maximum absolute atomic E-state index is 9.29.